The van der Waals surface area contributed by atoms with E-state index in [0.717, 1.165) is 0 Å². The van der Waals surface area contributed by atoms with Crippen molar-refractivity contribution in [1.82, 2.24) is 0 Å². The van der Waals surface area contributed by atoms with Crippen molar-refractivity contribution in [2.45, 2.75) is 19.8 Å². The molecule has 2 heteroatoms. The smallest absolute Gasteiger partial charge is 0.0532 e. The maximum atomic E-state index is 2.36. The Hall–Kier alpha value is -0.860. The molecule has 2 aromatic heterocycles. The van der Waals surface area contributed by atoms with Crippen LogP contribution in [-0.2, 0) is 0 Å². The molecule has 0 saturated heterocycles. The molecular formula is C13H12S2. The summed E-state index contributed by atoms with van der Waals surface area (Å²) in [5.74, 6) is 0.647. The van der Waals surface area contributed by atoms with Gasteiger partial charge in [0.05, 0.1) is 4.70 Å². The SMILES string of the molecule is CC(C)c1cc2sc3ccccc3c2s1. The molecule has 1 aromatic carbocycles. The summed E-state index contributed by atoms with van der Waals surface area (Å²) in [4.78, 5) is 1.50. The third-order valence-electron chi connectivity index (χ3n) is 2.64. The lowest BCUT2D eigenvalue weighted by Gasteiger charge is -1.97. The second-order valence-corrected chi connectivity index (χ2v) is 6.26. The fourth-order valence-electron chi connectivity index (χ4n) is 1.80. The third kappa shape index (κ3) is 1.40. The lowest BCUT2D eigenvalue weighted by molar-refractivity contribution is 0.891. The van der Waals surface area contributed by atoms with Gasteiger partial charge < -0.3 is 0 Å². The second-order valence-electron chi connectivity index (χ2n) is 4.10. The first-order chi connectivity index (χ1) is 7.25. The number of rotatable bonds is 1. The summed E-state index contributed by atoms with van der Waals surface area (Å²) in [5, 5.41) is 1.43. The number of hydrogen-bond donors (Lipinski definition) is 0. The largest absolute Gasteiger partial charge is 0.138 e. The molecule has 0 unspecified atom stereocenters. The van der Waals surface area contributed by atoms with Gasteiger partial charge in [-0.1, -0.05) is 32.0 Å². The highest BCUT2D eigenvalue weighted by atomic mass is 32.1. The van der Waals surface area contributed by atoms with E-state index in [1.54, 1.807) is 0 Å². The van der Waals surface area contributed by atoms with Crippen LogP contribution in [0.4, 0.5) is 0 Å². The van der Waals surface area contributed by atoms with Crippen LogP contribution < -0.4 is 0 Å². The molecule has 0 radical (unpaired) electrons. The summed E-state index contributed by atoms with van der Waals surface area (Å²) in [6.45, 7) is 4.52. The van der Waals surface area contributed by atoms with Crippen molar-refractivity contribution in [2.75, 3.05) is 0 Å². The van der Waals surface area contributed by atoms with Crippen molar-refractivity contribution in [2.24, 2.45) is 0 Å². The van der Waals surface area contributed by atoms with Crippen LogP contribution in [0.1, 0.15) is 24.6 Å². The highest BCUT2D eigenvalue weighted by Gasteiger charge is 2.10. The van der Waals surface area contributed by atoms with E-state index in [-0.39, 0.29) is 0 Å². The zero-order chi connectivity index (χ0) is 10.4. The van der Waals surface area contributed by atoms with E-state index in [1.807, 2.05) is 22.7 Å². The van der Waals surface area contributed by atoms with E-state index in [2.05, 4.69) is 44.2 Å². The second kappa shape index (κ2) is 3.32. The molecule has 2 heterocycles. The van der Waals surface area contributed by atoms with Crippen molar-refractivity contribution in [3.05, 3.63) is 35.2 Å². The monoisotopic (exact) mass is 232 g/mol. The fraction of sp³-hybridized carbons (Fsp3) is 0.231. The van der Waals surface area contributed by atoms with Gasteiger partial charge in [-0.3, -0.25) is 0 Å². The zero-order valence-corrected chi connectivity index (χ0v) is 10.4. The zero-order valence-electron chi connectivity index (χ0n) is 8.78. The van der Waals surface area contributed by atoms with Gasteiger partial charge in [0.2, 0.25) is 0 Å². The quantitative estimate of drug-likeness (QED) is 0.538. The van der Waals surface area contributed by atoms with E-state index in [0.29, 0.717) is 5.92 Å². The van der Waals surface area contributed by atoms with Crippen molar-refractivity contribution < 1.29 is 0 Å². The Bertz CT molecular complexity index is 614. The van der Waals surface area contributed by atoms with E-state index >= 15 is 0 Å². The molecule has 0 amide bonds. The molecule has 0 nitrogen and oxygen atoms in total. The van der Waals surface area contributed by atoms with E-state index in [1.165, 1.54) is 24.4 Å². The molecule has 0 atom stereocenters. The molecule has 0 bridgehead atoms. The minimum absolute atomic E-state index is 0.647. The average molecular weight is 232 g/mol. The minimum Gasteiger partial charge on any atom is -0.138 e. The van der Waals surface area contributed by atoms with Crippen molar-refractivity contribution >= 4 is 42.2 Å². The molecule has 15 heavy (non-hydrogen) atoms. The molecular weight excluding hydrogens is 220 g/mol. The van der Waals surface area contributed by atoms with Crippen LogP contribution in [0.2, 0.25) is 0 Å². The predicted octanol–water partition coefficient (Wildman–Crippen LogP) is 5.24. The summed E-state index contributed by atoms with van der Waals surface area (Å²) in [5.41, 5.74) is 0. The molecule has 0 aliphatic carbocycles. The molecule has 76 valence electrons. The number of benzene rings is 1. The molecule has 0 fully saturated rings. The first kappa shape index (κ1) is 9.37. The Morgan fingerprint density at radius 3 is 2.60 bits per heavy atom. The molecule has 0 aliphatic rings. The van der Waals surface area contributed by atoms with Crippen LogP contribution in [0.15, 0.2) is 30.3 Å². The van der Waals surface area contributed by atoms with Crippen LogP contribution in [0.3, 0.4) is 0 Å². The summed E-state index contributed by atoms with van der Waals surface area (Å²) in [6.07, 6.45) is 0. The third-order valence-corrected chi connectivity index (χ3v) is 5.35. The van der Waals surface area contributed by atoms with Gasteiger partial charge >= 0.3 is 0 Å². The Balaban J connectivity index is 2.37. The van der Waals surface area contributed by atoms with Gasteiger partial charge in [-0.15, -0.1) is 22.7 Å². The van der Waals surface area contributed by atoms with Crippen molar-refractivity contribution in [1.29, 1.82) is 0 Å². The normalized spacial score (nSPS) is 11.9. The standard InChI is InChI=1S/C13H12S2/c1-8(2)11-7-12-13(15-11)9-5-3-4-6-10(9)14-12/h3-8H,1-2H3. The van der Waals surface area contributed by atoms with Crippen molar-refractivity contribution in [3.8, 4) is 0 Å². The average Bonchev–Trinajstić information content (AvgIpc) is 2.73. The lowest BCUT2D eigenvalue weighted by atomic mass is 10.2. The van der Waals surface area contributed by atoms with Gasteiger partial charge in [-0.2, -0.15) is 0 Å². The van der Waals surface area contributed by atoms with Gasteiger partial charge in [-0.25, -0.2) is 0 Å². The first-order valence-corrected chi connectivity index (χ1v) is 6.80. The summed E-state index contributed by atoms with van der Waals surface area (Å²) in [6, 6.07) is 11.0. The molecule has 0 saturated carbocycles. The maximum absolute atomic E-state index is 2.36. The van der Waals surface area contributed by atoms with Crippen LogP contribution >= 0.6 is 22.7 Å². The highest BCUT2D eigenvalue weighted by Crippen LogP contribution is 2.41. The van der Waals surface area contributed by atoms with Gasteiger partial charge in [0.15, 0.2) is 0 Å². The summed E-state index contributed by atoms with van der Waals surface area (Å²) in [7, 11) is 0. The summed E-state index contributed by atoms with van der Waals surface area (Å²) >= 11 is 3.86. The van der Waals surface area contributed by atoms with Crippen molar-refractivity contribution in [3.63, 3.8) is 0 Å². The number of thiophene rings is 2. The predicted molar refractivity (Wildman–Crippen MR) is 71.3 cm³/mol. The van der Waals surface area contributed by atoms with Crippen LogP contribution in [-0.4, -0.2) is 0 Å². The molecule has 0 spiro atoms. The van der Waals surface area contributed by atoms with Gasteiger partial charge in [0.25, 0.3) is 0 Å². The first-order valence-electron chi connectivity index (χ1n) is 5.16. The summed E-state index contributed by atoms with van der Waals surface area (Å²) < 4.78 is 4.33. The van der Waals surface area contributed by atoms with E-state index in [9.17, 15) is 0 Å². The Labute approximate surface area is 97.2 Å². The fourth-order valence-corrected chi connectivity index (χ4v) is 4.34. The van der Waals surface area contributed by atoms with Crippen LogP contribution in [0.25, 0.3) is 19.5 Å². The van der Waals surface area contributed by atoms with E-state index in [4.69, 9.17) is 0 Å². The Morgan fingerprint density at radius 1 is 1.00 bits per heavy atom. The molecule has 3 rings (SSSR count). The van der Waals surface area contributed by atoms with Gasteiger partial charge in [0, 0.05) is 19.7 Å². The van der Waals surface area contributed by atoms with Gasteiger partial charge in [0.1, 0.15) is 0 Å². The lowest BCUT2D eigenvalue weighted by Crippen LogP contribution is -1.77. The minimum atomic E-state index is 0.647. The van der Waals surface area contributed by atoms with E-state index < -0.39 is 0 Å². The number of fused-ring (bicyclic) bond motifs is 3. The molecule has 0 aliphatic heterocycles. The number of hydrogen-bond acceptors (Lipinski definition) is 2. The Kier molecular flexibility index (Phi) is 2.08. The molecule has 0 N–H and O–H groups in total. The Morgan fingerprint density at radius 2 is 1.80 bits per heavy atom. The highest BCUT2D eigenvalue weighted by molar-refractivity contribution is 7.32. The van der Waals surface area contributed by atoms with Crippen LogP contribution in [0, 0.1) is 0 Å². The molecule has 3 aromatic rings. The van der Waals surface area contributed by atoms with Gasteiger partial charge in [-0.05, 0) is 18.1 Å². The van der Waals surface area contributed by atoms with Crippen LogP contribution in [0.5, 0.6) is 0 Å². The topological polar surface area (TPSA) is 0 Å². The maximum Gasteiger partial charge on any atom is 0.0532 e.